The maximum atomic E-state index is 5.85. The number of nitrogens with zero attached hydrogens (tertiary/aromatic N) is 1. The van der Waals surface area contributed by atoms with Gasteiger partial charge in [-0.15, -0.1) is 0 Å². The van der Waals surface area contributed by atoms with Crippen LogP contribution < -0.4 is 0 Å². The van der Waals surface area contributed by atoms with Gasteiger partial charge >= 0.3 is 0 Å². The minimum absolute atomic E-state index is 0.703. The van der Waals surface area contributed by atoms with E-state index in [4.69, 9.17) is 11.6 Å². The third kappa shape index (κ3) is 1.14. The summed E-state index contributed by atoms with van der Waals surface area (Å²) in [6.07, 6.45) is 3.46. The average Bonchev–Trinajstić information content (AvgIpc) is 2.33. The molecule has 56 valence electrons. The van der Waals surface area contributed by atoms with Crippen molar-refractivity contribution in [2.45, 2.75) is 0 Å². The molecule has 0 aliphatic carbocycles. The van der Waals surface area contributed by atoms with Crippen LogP contribution in [0.4, 0.5) is 0 Å². The molecule has 0 radical (unpaired) electrons. The fraction of sp³-hybridized carbons (Fsp3) is 0. The summed E-state index contributed by atoms with van der Waals surface area (Å²) in [7, 11) is 0. The number of hydrogen-bond donors (Lipinski definition) is 1. The Labute approximate surface area is 76.7 Å². The predicted octanol–water partition coefficient (Wildman–Crippen LogP) is 2.98. The SMILES string of the molecule is Clc1c[nH]c2ncc(Br)cc12. The van der Waals surface area contributed by atoms with Crippen LogP contribution in [0.1, 0.15) is 0 Å². The van der Waals surface area contributed by atoms with Crippen molar-refractivity contribution in [3.05, 3.63) is 28.0 Å². The highest BCUT2D eigenvalue weighted by molar-refractivity contribution is 9.10. The largest absolute Gasteiger partial charge is 0.345 e. The van der Waals surface area contributed by atoms with Crippen LogP contribution in [0, 0.1) is 0 Å². The molecule has 0 aliphatic heterocycles. The van der Waals surface area contributed by atoms with E-state index >= 15 is 0 Å². The average molecular weight is 231 g/mol. The highest BCUT2D eigenvalue weighted by Gasteiger charge is 2.01. The van der Waals surface area contributed by atoms with Crippen LogP contribution in [-0.2, 0) is 0 Å². The Morgan fingerprint density at radius 2 is 2.36 bits per heavy atom. The lowest BCUT2D eigenvalue weighted by atomic mass is 10.3. The van der Waals surface area contributed by atoms with Gasteiger partial charge in [0.1, 0.15) is 5.65 Å². The van der Waals surface area contributed by atoms with Crippen LogP contribution in [0.5, 0.6) is 0 Å². The van der Waals surface area contributed by atoms with E-state index in [1.165, 1.54) is 0 Å². The van der Waals surface area contributed by atoms with Gasteiger partial charge < -0.3 is 4.98 Å². The van der Waals surface area contributed by atoms with Gasteiger partial charge in [-0.2, -0.15) is 0 Å². The molecule has 11 heavy (non-hydrogen) atoms. The summed E-state index contributed by atoms with van der Waals surface area (Å²) in [5.74, 6) is 0. The highest BCUT2D eigenvalue weighted by atomic mass is 79.9. The first-order chi connectivity index (χ1) is 5.27. The van der Waals surface area contributed by atoms with Gasteiger partial charge in [0.05, 0.1) is 5.02 Å². The first kappa shape index (κ1) is 7.13. The van der Waals surface area contributed by atoms with E-state index < -0.39 is 0 Å². The standard InChI is InChI=1S/C7H4BrClN2/c8-4-1-5-6(9)3-11-7(5)10-2-4/h1-3H,(H,10,11). The molecule has 0 bridgehead atoms. The molecule has 2 heterocycles. The quantitative estimate of drug-likeness (QED) is 0.742. The number of aromatic nitrogens is 2. The fourth-order valence-corrected chi connectivity index (χ4v) is 1.48. The molecule has 2 aromatic rings. The van der Waals surface area contributed by atoms with E-state index in [1.54, 1.807) is 12.4 Å². The summed E-state index contributed by atoms with van der Waals surface area (Å²) in [6, 6.07) is 1.93. The summed E-state index contributed by atoms with van der Waals surface area (Å²) < 4.78 is 0.937. The zero-order chi connectivity index (χ0) is 7.84. The van der Waals surface area contributed by atoms with E-state index in [1.807, 2.05) is 6.07 Å². The lowest BCUT2D eigenvalue weighted by Crippen LogP contribution is -1.74. The molecular formula is C7H4BrClN2. The number of H-pyrrole nitrogens is 1. The minimum Gasteiger partial charge on any atom is -0.345 e. The number of pyridine rings is 1. The van der Waals surface area contributed by atoms with Crippen LogP contribution in [0.3, 0.4) is 0 Å². The van der Waals surface area contributed by atoms with Crippen molar-refractivity contribution < 1.29 is 0 Å². The zero-order valence-electron chi connectivity index (χ0n) is 5.44. The first-order valence-electron chi connectivity index (χ1n) is 3.05. The van der Waals surface area contributed by atoms with Crippen molar-refractivity contribution in [2.24, 2.45) is 0 Å². The molecule has 0 saturated heterocycles. The second-order valence-corrected chi connectivity index (χ2v) is 3.51. The van der Waals surface area contributed by atoms with Gasteiger partial charge in [0.15, 0.2) is 0 Å². The Morgan fingerprint density at radius 3 is 3.18 bits per heavy atom. The first-order valence-corrected chi connectivity index (χ1v) is 4.22. The summed E-state index contributed by atoms with van der Waals surface area (Å²) in [4.78, 5) is 7.07. The van der Waals surface area contributed by atoms with Gasteiger partial charge in [0, 0.05) is 22.3 Å². The molecule has 0 atom stereocenters. The van der Waals surface area contributed by atoms with Gasteiger partial charge in [0.2, 0.25) is 0 Å². The molecule has 0 fully saturated rings. The Balaban J connectivity index is 2.87. The normalized spacial score (nSPS) is 10.7. The predicted molar refractivity (Wildman–Crippen MR) is 48.8 cm³/mol. The van der Waals surface area contributed by atoms with Crippen molar-refractivity contribution in [1.29, 1.82) is 0 Å². The molecule has 0 aliphatic rings. The molecule has 0 unspecified atom stereocenters. The van der Waals surface area contributed by atoms with E-state index in [9.17, 15) is 0 Å². The van der Waals surface area contributed by atoms with Crippen LogP contribution >= 0.6 is 27.5 Å². The summed E-state index contributed by atoms with van der Waals surface area (Å²) >= 11 is 9.17. The number of aromatic amines is 1. The van der Waals surface area contributed by atoms with E-state index in [0.717, 1.165) is 15.5 Å². The summed E-state index contributed by atoms with van der Waals surface area (Å²) in [6.45, 7) is 0. The monoisotopic (exact) mass is 230 g/mol. The third-order valence-corrected chi connectivity index (χ3v) is 2.19. The molecule has 4 heteroatoms. The van der Waals surface area contributed by atoms with Gasteiger partial charge in [-0.05, 0) is 22.0 Å². The van der Waals surface area contributed by atoms with Crippen LogP contribution in [0.2, 0.25) is 5.02 Å². The smallest absolute Gasteiger partial charge is 0.138 e. The van der Waals surface area contributed by atoms with Gasteiger partial charge in [-0.3, -0.25) is 0 Å². The minimum atomic E-state index is 0.703. The molecule has 2 rings (SSSR count). The number of hydrogen-bond acceptors (Lipinski definition) is 1. The molecular weight excluding hydrogens is 227 g/mol. The van der Waals surface area contributed by atoms with E-state index in [-0.39, 0.29) is 0 Å². The Hall–Kier alpha value is -0.540. The molecule has 0 aromatic carbocycles. The summed E-state index contributed by atoms with van der Waals surface area (Å²) in [5, 5.41) is 1.65. The Morgan fingerprint density at radius 1 is 1.55 bits per heavy atom. The van der Waals surface area contributed by atoms with Crippen LogP contribution in [-0.4, -0.2) is 9.97 Å². The van der Waals surface area contributed by atoms with Crippen molar-refractivity contribution in [1.82, 2.24) is 9.97 Å². The molecule has 2 nitrogen and oxygen atoms in total. The molecule has 0 amide bonds. The molecule has 2 aromatic heterocycles. The molecule has 0 spiro atoms. The lowest BCUT2D eigenvalue weighted by molar-refractivity contribution is 1.31. The van der Waals surface area contributed by atoms with Crippen molar-refractivity contribution >= 4 is 38.6 Å². The van der Waals surface area contributed by atoms with Gasteiger partial charge in [0.25, 0.3) is 0 Å². The maximum Gasteiger partial charge on any atom is 0.138 e. The summed E-state index contributed by atoms with van der Waals surface area (Å²) in [5.41, 5.74) is 0.818. The maximum absolute atomic E-state index is 5.85. The number of nitrogens with one attached hydrogen (secondary N) is 1. The second kappa shape index (κ2) is 2.50. The van der Waals surface area contributed by atoms with Crippen molar-refractivity contribution in [3.63, 3.8) is 0 Å². The van der Waals surface area contributed by atoms with Crippen LogP contribution in [0.25, 0.3) is 11.0 Å². The van der Waals surface area contributed by atoms with Crippen molar-refractivity contribution in [3.8, 4) is 0 Å². The van der Waals surface area contributed by atoms with E-state index in [0.29, 0.717) is 5.02 Å². The Kier molecular flexibility index (Phi) is 1.62. The third-order valence-electron chi connectivity index (χ3n) is 1.45. The Bertz CT molecular complexity index is 396. The van der Waals surface area contributed by atoms with Crippen molar-refractivity contribution in [2.75, 3.05) is 0 Å². The lowest BCUT2D eigenvalue weighted by Gasteiger charge is -1.89. The topological polar surface area (TPSA) is 28.7 Å². The number of halogens is 2. The number of fused-ring (bicyclic) bond motifs is 1. The van der Waals surface area contributed by atoms with Gasteiger partial charge in [-0.25, -0.2) is 4.98 Å². The highest BCUT2D eigenvalue weighted by Crippen LogP contribution is 2.23. The molecule has 1 N–H and O–H groups in total. The zero-order valence-corrected chi connectivity index (χ0v) is 7.78. The van der Waals surface area contributed by atoms with Crippen LogP contribution in [0.15, 0.2) is 22.9 Å². The second-order valence-electron chi connectivity index (χ2n) is 2.19. The number of rotatable bonds is 0. The molecule has 0 saturated carbocycles. The fourth-order valence-electron chi connectivity index (χ4n) is 0.946. The van der Waals surface area contributed by atoms with E-state index in [2.05, 4.69) is 25.9 Å². The van der Waals surface area contributed by atoms with Gasteiger partial charge in [-0.1, -0.05) is 11.6 Å².